The Balaban J connectivity index is 1.78. The first-order valence-electron chi connectivity index (χ1n) is 6.23. The summed E-state index contributed by atoms with van der Waals surface area (Å²) in [4.78, 5) is 23.5. The number of fused-ring (bicyclic) bond motifs is 2. The van der Waals surface area contributed by atoms with Crippen molar-refractivity contribution < 1.29 is 24.5 Å². The van der Waals surface area contributed by atoms with Crippen LogP contribution in [0.15, 0.2) is 36.4 Å². The van der Waals surface area contributed by atoms with Gasteiger partial charge in [-0.3, -0.25) is 9.59 Å². The second-order valence-electron chi connectivity index (χ2n) is 4.88. The Morgan fingerprint density at radius 1 is 1.05 bits per heavy atom. The van der Waals surface area contributed by atoms with Gasteiger partial charge in [-0.2, -0.15) is 0 Å². The van der Waals surface area contributed by atoms with E-state index >= 15 is 0 Å². The average molecular weight is 275 g/mol. The minimum atomic E-state index is -1.03. The molecule has 0 unspecified atom stereocenters. The van der Waals surface area contributed by atoms with Crippen molar-refractivity contribution in [2.75, 3.05) is 5.32 Å². The van der Waals surface area contributed by atoms with Crippen LogP contribution >= 0.6 is 0 Å². The van der Waals surface area contributed by atoms with Crippen molar-refractivity contribution in [3.05, 3.63) is 36.4 Å². The van der Waals surface area contributed by atoms with Crippen molar-refractivity contribution in [1.29, 1.82) is 0 Å². The average Bonchev–Trinajstić information content (AvgIpc) is 3.01. The second-order valence-corrected chi connectivity index (χ2v) is 4.88. The number of phenols is 1. The summed E-state index contributed by atoms with van der Waals surface area (Å²) in [6.45, 7) is 0. The highest BCUT2D eigenvalue weighted by atomic mass is 16.5. The van der Waals surface area contributed by atoms with E-state index in [1.807, 2.05) is 0 Å². The number of ether oxygens (including phenoxy) is 1. The summed E-state index contributed by atoms with van der Waals surface area (Å²) in [5.74, 6) is -2.93. The van der Waals surface area contributed by atoms with Gasteiger partial charge in [-0.05, 0) is 24.3 Å². The molecular weight excluding hydrogens is 262 g/mol. The highest BCUT2D eigenvalue weighted by Crippen LogP contribution is 2.39. The van der Waals surface area contributed by atoms with Crippen molar-refractivity contribution in [1.82, 2.24) is 0 Å². The summed E-state index contributed by atoms with van der Waals surface area (Å²) in [6.07, 6.45) is 2.39. The lowest BCUT2D eigenvalue weighted by Gasteiger charge is -2.20. The van der Waals surface area contributed by atoms with Gasteiger partial charge in [0.2, 0.25) is 5.91 Å². The molecule has 1 aromatic rings. The van der Waals surface area contributed by atoms with Gasteiger partial charge in [0, 0.05) is 5.69 Å². The number of anilines is 1. The highest BCUT2D eigenvalue weighted by molar-refractivity contribution is 5.96. The van der Waals surface area contributed by atoms with E-state index in [0.717, 1.165) is 0 Å². The zero-order valence-electron chi connectivity index (χ0n) is 10.4. The first-order chi connectivity index (χ1) is 9.56. The second kappa shape index (κ2) is 4.64. The molecule has 6 heteroatoms. The number of amides is 1. The van der Waals surface area contributed by atoms with Crippen molar-refractivity contribution in [2.45, 2.75) is 12.2 Å². The van der Waals surface area contributed by atoms with Crippen molar-refractivity contribution >= 4 is 17.6 Å². The molecule has 2 bridgehead atoms. The summed E-state index contributed by atoms with van der Waals surface area (Å²) in [7, 11) is 0. The topological polar surface area (TPSA) is 95.9 Å². The molecule has 0 radical (unpaired) electrons. The maximum atomic E-state index is 12.3. The Labute approximate surface area is 114 Å². The van der Waals surface area contributed by atoms with E-state index in [9.17, 15) is 19.8 Å². The summed E-state index contributed by atoms with van der Waals surface area (Å²) >= 11 is 0. The zero-order chi connectivity index (χ0) is 14.3. The van der Waals surface area contributed by atoms with Gasteiger partial charge in [0.25, 0.3) is 0 Å². The van der Waals surface area contributed by atoms with E-state index in [1.54, 1.807) is 24.3 Å². The normalized spacial score (nSPS) is 30.4. The van der Waals surface area contributed by atoms with Crippen molar-refractivity contribution in [2.24, 2.45) is 11.8 Å². The monoisotopic (exact) mass is 275 g/mol. The number of aliphatic carboxylic acids is 1. The van der Waals surface area contributed by atoms with E-state index in [2.05, 4.69) is 5.32 Å². The van der Waals surface area contributed by atoms with Crippen LogP contribution in [-0.2, 0) is 14.3 Å². The first kappa shape index (κ1) is 12.7. The Bertz CT molecular complexity index is 580. The lowest BCUT2D eigenvalue weighted by atomic mass is 9.82. The lowest BCUT2D eigenvalue weighted by Crippen LogP contribution is -2.39. The molecule has 20 heavy (non-hydrogen) atoms. The van der Waals surface area contributed by atoms with Crippen LogP contribution in [0.1, 0.15) is 0 Å². The quantitative estimate of drug-likeness (QED) is 0.564. The summed E-state index contributed by atoms with van der Waals surface area (Å²) < 4.78 is 5.44. The number of aromatic hydroxyl groups is 1. The van der Waals surface area contributed by atoms with Gasteiger partial charge >= 0.3 is 5.97 Å². The van der Waals surface area contributed by atoms with Crippen LogP contribution in [-0.4, -0.2) is 34.3 Å². The van der Waals surface area contributed by atoms with Crippen LogP contribution in [0.2, 0.25) is 0 Å². The third-order valence-corrected chi connectivity index (χ3v) is 3.62. The number of nitrogens with one attached hydrogen (secondary N) is 1. The fourth-order valence-corrected chi connectivity index (χ4v) is 2.69. The standard InChI is InChI=1S/C14H13NO5/c16-8-3-1-7(2-4-8)15-13(17)11-9-5-6-10(20-9)12(11)14(18)19/h1-6,9-12,16H,(H,15,17)(H,18,19)/t9-,10+,11+,12-/m0/s1. The van der Waals surface area contributed by atoms with Crippen LogP contribution in [0.4, 0.5) is 5.69 Å². The predicted octanol–water partition coefficient (Wildman–Crippen LogP) is 0.985. The first-order valence-corrected chi connectivity index (χ1v) is 6.23. The highest BCUT2D eigenvalue weighted by Gasteiger charge is 2.53. The molecule has 0 spiro atoms. The molecule has 3 N–H and O–H groups in total. The maximum Gasteiger partial charge on any atom is 0.310 e. The number of benzene rings is 1. The number of rotatable bonds is 3. The number of hydrogen-bond acceptors (Lipinski definition) is 4. The third-order valence-electron chi connectivity index (χ3n) is 3.62. The molecule has 104 valence electrons. The number of phenolic OH excluding ortho intramolecular Hbond substituents is 1. The molecule has 1 fully saturated rings. The van der Waals surface area contributed by atoms with Crippen molar-refractivity contribution in [3.8, 4) is 5.75 Å². The molecule has 2 heterocycles. The van der Waals surface area contributed by atoms with Crippen LogP contribution in [0.25, 0.3) is 0 Å². The third kappa shape index (κ3) is 2.04. The van der Waals surface area contributed by atoms with Gasteiger partial charge in [-0.15, -0.1) is 0 Å². The van der Waals surface area contributed by atoms with Gasteiger partial charge < -0.3 is 20.3 Å². The minimum Gasteiger partial charge on any atom is -0.508 e. The van der Waals surface area contributed by atoms with Gasteiger partial charge in [0.1, 0.15) is 11.7 Å². The fraction of sp³-hybridized carbons (Fsp3) is 0.286. The zero-order valence-corrected chi connectivity index (χ0v) is 10.4. The molecule has 0 aliphatic carbocycles. The van der Waals surface area contributed by atoms with Gasteiger partial charge in [0.15, 0.2) is 0 Å². The number of hydrogen-bond donors (Lipinski definition) is 3. The molecule has 0 aromatic heterocycles. The van der Waals surface area contributed by atoms with Crippen LogP contribution in [0, 0.1) is 11.8 Å². The fourth-order valence-electron chi connectivity index (χ4n) is 2.69. The summed E-state index contributed by atoms with van der Waals surface area (Å²) in [5.41, 5.74) is 0.503. The molecule has 1 saturated heterocycles. The Kier molecular flexibility index (Phi) is 2.94. The van der Waals surface area contributed by atoms with E-state index in [-0.39, 0.29) is 11.7 Å². The molecule has 3 rings (SSSR count). The Hall–Kier alpha value is -2.34. The SMILES string of the molecule is O=C(O)[C@@H]1[C@H](C(=O)Nc2ccc(O)cc2)[C@@H]2C=C[C@H]1O2. The molecule has 0 saturated carbocycles. The van der Waals surface area contributed by atoms with E-state index in [0.29, 0.717) is 5.69 Å². The number of carboxylic acid groups (broad SMARTS) is 1. The van der Waals surface area contributed by atoms with E-state index in [1.165, 1.54) is 12.1 Å². The molecule has 1 aromatic carbocycles. The number of carboxylic acids is 1. The summed E-state index contributed by atoms with van der Waals surface area (Å²) in [6, 6.07) is 5.99. The lowest BCUT2D eigenvalue weighted by molar-refractivity contribution is -0.145. The minimum absolute atomic E-state index is 0.0950. The molecule has 4 atom stereocenters. The van der Waals surface area contributed by atoms with Crippen molar-refractivity contribution in [3.63, 3.8) is 0 Å². The molecule has 2 aliphatic heterocycles. The Morgan fingerprint density at radius 2 is 1.65 bits per heavy atom. The molecule has 6 nitrogen and oxygen atoms in total. The maximum absolute atomic E-state index is 12.3. The van der Waals surface area contributed by atoms with Crippen LogP contribution in [0.5, 0.6) is 5.75 Å². The molecule has 1 amide bonds. The van der Waals surface area contributed by atoms with Crippen LogP contribution in [0.3, 0.4) is 0 Å². The van der Waals surface area contributed by atoms with E-state index < -0.39 is 30.0 Å². The van der Waals surface area contributed by atoms with Gasteiger partial charge in [-0.25, -0.2) is 0 Å². The Morgan fingerprint density at radius 3 is 2.25 bits per heavy atom. The molecule has 2 aliphatic rings. The largest absolute Gasteiger partial charge is 0.508 e. The summed E-state index contributed by atoms with van der Waals surface area (Å²) in [5, 5.41) is 21.1. The van der Waals surface area contributed by atoms with Crippen LogP contribution < -0.4 is 5.32 Å². The molecular formula is C14H13NO5. The van der Waals surface area contributed by atoms with E-state index in [4.69, 9.17) is 4.74 Å². The number of carbonyl (C=O) groups is 2. The predicted molar refractivity (Wildman–Crippen MR) is 69.2 cm³/mol. The van der Waals surface area contributed by atoms with Gasteiger partial charge in [-0.1, -0.05) is 12.2 Å². The number of carbonyl (C=O) groups excluding carboxylic acids is 1. The van der Waals surface area contributed by atoms with Gasteiger partial charge in [0.05, 0.1) is 18.1 Å². The smallest absolute Gasteiger partial charge is 0.310 e.